The Morgan fingerprint density at radius 3 is 3.12 bits per heavy atom. The van der Waals surface area contributed by atoms with E-state index >= 15 is 0 Å². The lowest BCUT2D eigenvalue weighted by Crippen LogP contribution is -1.98. The number of aromatic nitrogens is 3. The van der Waals surface area contributed by atoms with E-state index in [4.69, 9.17) is 5.73 Å². The minimum absolute atomic E-state index is 0.502. The number of nitrogens with one attached hydrogen (secondary N) is 1. The monoisotopic (exact) mass is 232 g/mol. The first-order valence-corrected chi connectivity index (χ1v) is 5.96. The smallest absolute Gasteiger partial charge is 0.211 e. The highest BCUT2D eigenvalue weighted by molar-refractivity contribution is 7.13. The second-order valence-corrected chi connectivity index (χ2v) is 4.71. The molecular weight excluding hydrogens is 220 g/mol. The summed E-state index contributed by atoms with van der Waals surface area (Å²) in [6, 6.07) is 2.16. The second kappa shape index (κ2) is 3.47. The normalized spacial score (nSPS) is 11.4. The fourth-order valence-corrected chi connectivity index (χ4v) is 2.63. The zero-order valence-electron chi connectivity index (χ0n) is 8.90. The minimum Gasteiger partial charge on any atom is -0.325 e. The molecule has 0 saturated carbocycles. The molecule has 0 bridgehead atoms. The predicted molar refractivity (Wildman–Crippen MR) is 65.5 cm³/mol. The third-order valence-electron chi connectivity index (χ3n) is 2.58. The highest BCUT2D eigenvalue weighted by atomic mass is 32.1. The Morgan fingerprint density at radius 2 is 2.44 bits per heavy atom. The molecule has 4 nitrogen and oxygen atoms in total. The minimum atomic E-state index is 0.502. The van der Waals surface area contributed by atoms with Crippen LogP contribution in [0.15, 0.2) is 23.8 Å². The van der Waals surface area contributed by atoms with E-state index in [-0.39, 0.29) is 0 Å². The average molecular weight is 232 g/mol. The van der Waals surface area contributed by atoms with Crippen LogP contribution in [0, 0.1) is 6.92 Å². The molecule has 0 amide bonds. The number of hydrogen-bond donors (Lipinski definition) is 2. The Labute approximate surface area is 96.7 Å². The fourth-order valence-electron chi connectivity index (χ4n) is 1.76. The van der Waals surface area contributed by atoms with Crippen molar-refractivity contribution in [1.29, 1.82) is 0 Å². The summed E-state index contributed by atoms with van der Waals surface area (Å²) in [5.74, 6) is 0.849. The van der Waals surface area contributed by atoms with Crippen molar-refractivity contribution < 1.29 is 0 Å². The number of H-pyrrole nitrogens is 1. The van der Waals surface area contributed by atoms with Crippen molar-refractivity contribution in [2.24, 2.45) is 5.73 Å². The first-order valence-electron chi connectivity index (χ1n) is 5.08. The summed E-state index contributed by atoms with van der Waals surface area (Å²) < 4.78 is 2.00. The Balaban J connectivity index is 2.15. The van der Waals surface area contributed by atoms with Gasteiger partial charge in [-0.05, 0) is 23.9 Å². The van der Waals surface area contributed by atoms with Crippen LogP contribution in [0.1, 0.15) is 11.3 Å². The summed E-state index contributed by atoms with van der Waals surface area (Å²) >= 11 is 1.73. The van der Waals surface area contributed by atoms with Crippen LogP contribution in [-0.2, 0) is 6.54 Å². The van der Waals surface area contributed by atoms with Crippen molar-refractivity contribution >= 4 is 17.1 Å². The predicted octanol–water partition coefficient (Wildman–Crippen LogP) is 2.16. The van der Waals surface area contributed by atoms with Gasteiger partial charge in [0.1, 0.15) is 0 Å². The largest absolute Gasteiger partial charge is 0.325 e. The number of thiophene rings is 1. The molecule has 0 aliphatic carbocycles. The maximum atomic E-state index is 5.64. The molecule has 0 aliphatic rings. The molecule has 0 aliphatic heterocycles. The molecule has 0 fully saturated rings. The van der Waals surface area contributed by atoms with Gasteiger partial charge in [-0.1, -0.05) is 0 Å². The summed E-state index contributed by atoms with van der Waals surface area (Å²) in [5.41, 5.74) is 9.04. The number of imidazole rings is 2. The van der Waals surface area contributed by atoms with E-state index in [1.165, 1.54) is 10.4 Å². The second-order valence-electron chi connectivity index (χ2n) is 3.80. The van der Waals surface area contributed by atoms with E-state index in [0.717, 1.165) is 17.2 Å². The van der Waals surface area contributed by atoms with Crippen molar-refractivity contribution in [3.63, 3.8) is 0 Å². The number of rotatable bonds is 2. The SMILES string of the molecule is Cc1csc(-c2cn3c(CN)cnc3[nH]2)c1. The molecule has 5 heteroatoms. The van der Waals surface area contributed by atoms with E-state index in [0.29, 0.717) is 6.54 Å². The third-order valence-corrected chi connectivity index (χ3v) is 3.66. The van der Waals surface area contributed by atoms with Gasteiger partial charge in [0, 0.05) is 12.7 Å². The zero-order valence-corrected chi connectivity index (χ0v) is 9.71. The Hall–Kier alpha value is -1.59. The lowest BCUT2D eigenvalue weighted by atomic mass is 10.3. The van der Waals surface area contributed by atoms with Gasteiger partial charge in [0.05, 0.1) is 22.5 Å². The molecule has 3 N–H and O–H groups in total. The maximum absolute atomic E-state index is 5.64. The van der Waals surface area contributed by atoms with Gasteiger partial charge in [-0.25, -0.2) is 4.98 Å². The van der Waals surface area contributed by atoms with Crippen molar-refractivity contribution in [3.05, 3.63) is 35.1 Å². The average Bonchev–Trinajstić information content (AvgIpc) is 2.90. The Morgan fingerprint density at radius 1 is 1.56 bits per heavy atom. The van der Waals surface area contributed by atoms with E-state index in [1.807, 2.05) is 4.40 Å². The molecule has 82 valence electrons. The topological polar surface area (TPSA) is 59.1 Å². The Kier molecular flexibility index (Phi) is 2.08. The summed E-state index contributed by atoms with van der Waals surface area (Å²) in [6.07, 6.45) is 3.85. The van der Waals surface area contributed by atoms with Gasteiger partial charge in [0.2, 0.25) is 5.78 Å². The van der Waals surface area contributed by atoms with Crippen molar-refractivity contribution in [1.82, 2.24) is 14.4 Å². The summed E-state index contributed by atoms with van der Waals surface area (Å²) in [5, 5.41) is 2.14. The molecule has 3 aromatic heterocycles. The van der Waals surface area contributed by atoms with Crippen LogP contribution >= 0.6 is 11.3 Å². The molecule has 0 spiro atoms. The summed E-state index contributed by atoms with van der Waals surface area (Å²) in [4.78, 5) is 8.79. The Bertz CT molecular complexity index is 631. The lowest BCUT2D eigenvalue weighted by Gasteiger charge is -1.91. The van der Waals surface area contributed by atoms with Gasteiger partial charge in [-0.3, -0.25) is 4.40 Å². The number of fused-ring (bicyclic) bond motifs is 1. The van der Waals surface area contributed by atoms with Crippen LogP contribution in [0.5, 0.6) is 0 Å². The van der Waals surface area contributed by atoms with Crippen molar-refractivity contribution in [2.45, 2.75) is 13.5 Å². The van der Waals surface area contributed by atoms with Crippen LogP contribution in [0.25, 0.3) is 16.3 Å². The number of aryl methyl sites for hydroxylation is 1. The van der Waals surface area contributed by atoms with E-state index in [9.17, 15) is 0 Å². The molecule has 3 aromatic rings. The van der Waals surface area contributed by atoms with Crippen LogP contribution in [-0.4, -0.2) is 14.4 Å². The quantitative estimate of drug-likeness (QED) is 0.711. The van der Waals surface area contributed by atoms with Crippen molar-refractivity contribution in [2.75, 3.05) is 0 Å². The number of nitrogens with zero attached hydrogens (tertiary/aromatic N) is 2. The molecule has 0 radical (unpaired) electrons. The van der Waals surface area contributed by atoms with E-state index in [2.05, 4.69) is 34.5 Å². The van der Waals surface area contributed by atoms with Crippen LogP contribution in [0.4, 0.5) is 0 Å². The molecule has 16 heavy (non-hydrogen) atoms. The van der Waals surface area contributed by atoms with Gasteiger partial charge < -0.3 is 10.7 Å². The van der Waals surface area contributed by atoms with Crippen LogP contribution < -0.4 is 5.73 Å². The van der Waals surface area contributed by atoms with E-state index in [1.54, 1.807) is 17.5 Å². The van der Waals surface area contributed by atoms with E-state index < -0.39 is 0 Å². The van der Waals surface area contributed by atoms with Gasteiger partial charge in [0.25, 0.3) is 0 Å². The zero-order chi connectivity index (χ0) is 11.1. The number of nitrogens with two attached hydrogens (primary N) is 1. The molecule has 0 saturated heterocycles. The highest BCUT2D eigenvalue weighted by Gasteiger charge is 2.08. The van der Waals surface area contributed by atoms with Gasteiger partial charge in [-0.2, -0.15) is 0 Å². The highest BCUT2D eigenvalue weighted by Crippen LogP contribution is 2.26. The number of hydrogen-bond acceptors (Lipinski definition) is 3. The van der Waals surface area contributed by atoms with Gasteiger partial charge in [-0.15, -0.1) is 11.3 Å². The molecule has 0 unspecified atom stereocenters. The third kappa shape index (κ3) is 1.36. The standard InChI is InChI=1S/C11H12N4S/c1-7-2-10(16-6-7)9-5-15-8(3-12)4-13-11(15)14-9/h2,4-6H,3,12H2,1H3,(H,13,14). The summed E-state index contributed by atoms with van der Waals surface area (Å²) in [6.45, 7) is 2.60. The molecular formula is C11H12N4S. The fraction of sp³-hybridized carbons (Fsp3) is 0.182. The molecule has 0 aromatic carbocycles. The summed E-state index contributed by atoms with van der Waals surface area (Å²) in [7, 11) is 0. The van der Waals surface area contributed by atoms with Crippen molar-refractivity contribution in [3.8, 4) is 10.6 Å². The molecule has 0 atom stereocenters. The molecule has 3 heterocycles. The number of aromatic amines is 1. The van der Waals surface area contributed by atoms with Crippen LogP contribution in [0.2, 0.25) is 0 Å². The first kappa shape index (κ1) is 9.62. The maximum Gasteiger partial charge on any atom is 0.211 e. The first-order chi connectivity index (χ1) is 7.78. The lowest BCUT2D eigenvalue weighted by molar-refractivity contribution is 0.966. The molecule has 3 rings (SSSR count). The van der Waals surface area contributed by atoms with Gasteiger partial charge in [0.15, 0.2) is 0 Å². The van der Waals surface area contributed by atoms with Crippen LogP contribution in [0.3, 0.4) is 0 Å². The van der Waals surface area contributed by atoms with Gasteiger partial charge >= 0.3 is 0 Å².